The molecule has 1 amide bonds. The predicted molar refractivity (Wildman–Crippen MR) is 96.1 cm³/mol. The monoisotopic (exact) mass is 324 g/mol. The molecule has 0 bridgehead atoms. The van der Waals surface area contributed by atoms with E-state index < -0.39 is 0 Å². The van der Waals surface area contributed by atoms with Crippen LogP contribution in [0.2, 0.25) is 0 Å². The van der Waals surface area contributed by atoms with Crippen molar-refractivity contribution in [2.45, 2.75) is 19.4 Å². The minimum atomic E-state index is 0.0936. The van der Waals surface area contributed by atoms with E-state index in [1.54, 1.807) is 0 Å². The highest BCUT2D eigenvalue weighted by molar-refractivity contribution is 5.76. The minimum Gasteiger partial charge on any atom is -0.378 e. The normalized spacial score (nSPS) is 14.4. The largest absolute Gasteiger partial charge is 0.378 e. The Morgan fingerprint density at radius 1 is 0.958 bits per heavy atom. The molecule has 0 atom stereocenters. The number of hydrogen-bond acceptors (Lipinski definition) is 3. The van der Waals surface area contributed by atoms with E-state index in [1.807, 2.05) is 18.2 Å². The van der Waals surface area contributed by atoms with Gasteiger partial charge in [-0.05, 0) is 29.7 Å². The molecule has 0 saturated carbocycles. The lowest BCUT2D eigenvalue weighted by Crippen LogP contribution is -2.36. The van der Waals surface area contributed by atoms with Crippen LogP contribution in [-0.4, -0.2) is 32.2 Å². The summed E-state index contributed by atoms with van der Waals surface area (Å²) in [6.45, 7) is 4.04. The Morgan fingerprint density at radius 3 is 2.38 bits per heavy atom. The van der Waals surface area contributed by atoms with E-state index in [0.29, 0.717) is 13.0 Å². The molecule has 0 radical (unpaired) electrons. The van der Waals surface area contributed by atoms with Crippen LogP contribution < -0.4 is 10.2 Å². The molecule has 126 valence electrons. The van der Waals surface area contributed by atoms with Crippen LogP contribution in [0.25, 0.3) is 0 Å². The fourth-order valence-corrected chi connectivity index (χ4v) is 2.84. The number of aryl methyl sites for hydroxylation is 1. The third-order valence-electron chi connectivity index (χ3n) is 4.29. The fraction of sp³-hybridized carbons (Fsp3) is 0.350. The topological polar surface area (TPSA) is 41.6 Å². The van der Waals surface area contributed by atoms with Gasteiger partial charge in [-0.25, -0.2) is 0 Å². The van der Waals surface area contributed by atoms with Crippen molar-refractivity contribution in [3.63, 3.8) is 0 Å². The van der Waals surface area contributed by atoms with E-state index in [9.17, 15) is 4.79 Å². The molecule has 2 aromatic carbocycles. The highest BCUT2D eigenvalue weighted by Gasteiger charge is 2.10. The average Bonchev–Trinajstić information content (AvgIpc) is 2.67. The van der Waals surface area contributed by atoms with E-state index >= 15 is 0 Å². The van der Waals surface area contributed by atoms with Gasteiger partial charge in [0.15, 0.2) is 0 Å². The van der Waals surface area contributed by atoms with E-state index in [4.69, 9.17) is 4.74 Å². The summed E-state index contributed by atoms with van der Waals surface area (Å²) >= 11 is 0. The SMILES string of the molecule is O=C(CCc1ccccc1)NCc1ccc(N2CCOCC2)cc1. The van der Waals surface area contributed by atoms with Crippen LogP contribution in [0.1, 0.15) is 17.5 Å². The molecule has 0 spiro atoms. The number of morpholine rings is 1. The van der Waals surface area contributed by atoms with Crippen LogP contribution >= 0.6 is 0 Å². The molecule has 1 N–H and O–H groups in total. The van der Waals surface area contributed by atoms with Gasteiger partial charge in [0.2, 0.25) is 5.91 Å². The second-order valence-corrected chi connectivity index (χ2v) is 6.03. The molecule has 1 aliphatic heterocycles. The van der Waals surface area contributed by atoms with E-state index in [-0.39, 0.29) is 5.91 Å². The van der Waals surface area contributed by atoms with Crippen molar-refractivity contribution in [3.05, 3.63) is 65.7 Å². The molecule has 1 saturated heterocycles. The number of amides is 1. The van der Waals surface area contributed by atoms with Gasteiger partial charge in [0.05, 0.1) is 13.2 Å². The first-order valence-corrected chi connectivity index (χ1v) is 8.53. The molecule has 0 unspecified atom stereocenters. The molecule has 0 aliphatic carbocycles. The summed E-state index contributed by atoms with van der Waals surface area (Å²) < 4.78 is 5.38. The number of anilines is 1. The fourth-order valence-electron chi connectivity index (χ4n) is 2.84. The van der Waals surface area contributed by atoms with E-state index in [1.165, 1.54) is 11.3 Å². The van der Waals surface area contributed by atoms with Gasteiger partial charge in [0, 0.05) is 31.7 Å². The van der Waals surface area contributed by atoms with Gasteiger partial charge in [-0.1, -0.05) is 42.5 Å². The van der Waals surface area contributed by atoms with Crippen LogP contribution in [0.15, 0.2) is 54.6 Å². The molecule has 1 aliphatic rings. The van der Waals surface area contributed by atoms with Gasteiger partial charge in [-0.2, -0.15) is 0 Å². The Balaban J connectivity index is 1.43. The molecule has 1 fully saturated rings. The van der Waals surface area contributed by atoms with Crippen molar-refractivity contribution in [2.24, 2.45) is 0 Å². The highest BCUT2D eigenvalue weighted by Crippen LogP contribution is 2.16. The quantitative estimate of drug-likeness (QED) is 0.888. The Morgan fingerprint density at radius 2 is 1.67 bits per heavy atom. The van der Waals surface area contributed by atoms with Gasteiger partial charge in [0.1, 0.15) is 0 Å². The number of carbonyl (C=O) groups is 1. The molecule has 0 aromatic heterocycles. The number of rotatable bonds is 6. The van der Waals surface area contributed by atoms with Crippen molar-refractivity contribution in [1.29, 1.82) is 0 Å². The van der Waals surface area contributed by atoms with Crippen LogP contribution in [0.4, 0.5) is 5.69 Å². The first-order chi connectivity index (χ1) is 11.8. The molecule has 24 heavy (non-hydrogen) atoms. The summed E-state index contributed by atoms with van der Waals surface area (Å²) in [4.78, 5) is 14.3. The summed E-state index contributed by atoms with van der Waals surface area (Å²) in [6, 6.07) is 18.5. The van der Waals surface area contributed by atoms with Crippen molar-refractivity contribution in [1.82, 2.24) is 5.32 Å². The zero-order chi connectivity index (χ0) is 16.6. The Hall–Kier alpha value is -2.33. The second-order valence-electron chi connectivity index (χ2n) is 6.03. The van der Waals surface area contributed by atoms with Gasteiger partial charge >= 0.3 is 0 Å². The summed E-state index contributed by atoms with van der Waals surface area (Å²) in [5, 5.41) is 3.00. The van der Waals surface area contributed by atoms with Crippen molar-refractivity contribution in [3.8, 4) is 0 Å². The number of nitrogens with one attached hydrogen (secondary N) is 1. The minimum absolute atomic E-state index is 0.0936. The summed E-state index contributed by atoms with van der Waals surface area (Å²) in [6.07, 6.45) is 1.30. The zero-order valence-electron chi connectivity index (χ0n) is 13.9. The Bertz CT molecular complexity index is 634. The lowest BCUT2D eigenvalue weighted by atomic mass is 10.1. The lowest BCUT2D eigenvalue weighted by Gasteiger charge is -2.28. The first kappa shape index (κ1) is 16.5. The third kappa shape index (κ3) is 4.83. The summed E-state index contributed by atoms with van der Waals surface area (Å²) in [5.74, 6) is 0.0936. The smallest absolute Gasteiger partial charge is 0.220 e. The number of hydrogen-bond donors (Lipinski definition) is 1. The maximum atomic E-state index is 12.0. The van der Waals surface area contributed by atoms with Crippen LogP contribution in [0.3, 0.4) is 0 Å². The van der Waals surface area contributed by atoms with Crippen molar-refractivity contribution >= 4 is 11.6 Å². The number of benzene rings is 2. The number of ether oxygens (including phenoxy) is 1. The Labute approximate surface area is 143 Å². The molecular weight excluding hydrogens is 300 g/mol. The molecule has 2 aromatic rings. The van der Waals surface area contributed by atoms with Crippen molar-refractivity contribution < 1.29 is 9.53 Å². The van der Waals surface area contributed by atoms with Gasteiger partial charge in [-0.15, -0.1) is 0 Å². The third-order valence-corrected chi connectivity index (χ3v) is 4.29. The first-order valence-electron chi connectivity index (χ1n) is 8.53. The molecule has 1 heterocycles. The second kappa shape index (κ2) is 8.50. The molecule has 3 rings (SSSR count). The average molecular weight is 324 g/mol. The molecule has 4 heteroatoms. The van der Waals surface area contributed by atoms with Gasteiger partial charge in [0.25, 0.3) is 0 Å². The maximum Gasteiger partial charge on any atom is 0.220 e. The lowest BCUT2D eigenvalue weighted by molar-refractivity contribution is -0.121. The van der Waals surface area contributed by atoms with E-state index in [0.717, 1.165) is 38.3 Å². The van der Waals surface area contributed by atoms with Crippen LogP contribution in [-0.2, 0) is 22.5 Å². The standard InChI is InChI=1S/C20H24N2O2/c23-20(11-8-17-4-2-1-3-5-17)21-16-18-6-9-19(10-7-18)22-12-14-24-15-13-22/h1-7,9-10H,8,11-16H2,(H,21,23). The Kier molecular flexibility index (Phi) is 5.85. The van der Waals surface area contributed by atoms with E-state index in [2.05, 4.69) is 46.6 Å². The highest BCUT2D eigenvalue weighted by atomic mass is 16.5. The van der Waals surface area contributed by atoms with Crippen molar-refractivity contribution in [2.75, 3.05) is 31.2 Å². The van der Waals surface area contributed by atoms with Gasteiger partial charge < -0.3 is 15.0 Å². The number of nitrogens with zero attached hydrogens (tertiary/aromatic N) is 1. The predicted octanol–water partition coefficient (Wildman–Crippen LogP) is 2.77. The summed E-state index contributed by atoms with van der Waals surface area (Å²) in [7, 11) is 0. The van der Waals surface area contributed by atoms with Gasteiger partial charge in [-0.3, -0.25) is 4.79 Å². The maximum absolute atomic E-state index is 12.0. The van der Waals surface area contributed by atoms with Crippen LogP contribution in [0, 0.1) is 0 Å². The summed E-state index contributed by atoms with van der Waals surface area (Å²) in [5.41, 5.74) is 3.54. The van der Waals surface area contributed by atoms with Crippen LogP contribution in [0.5, 0.6) is 0 Å². The molecular formula is C20H24N2O2. The zero-order valence-corrected chi connectivity index (χ0v) is 13.9. The number of carbonyl (C=O) groups excluding carboxylic acids is 1. The molecule has 4 nitrogen and oxygen atoms in total.